The molecule has 116 valence electrons. The zero-order valence-electron chi connectivity index (χ0n) is 12.0. The molecule has 0 spiro atoms. The quantitative estimate of drug-likeness (QED) is 0.890. The average molecular weight is 367 g/mol. The van der Waals surface area contributed by atoms with E-state index in [4.69, 9.17) is 9.47 Å². The Balaban J connectivity index is 1.71. The first-order chi connectivity index (χ1) is 10.6. The first-order valence-corrected chi connectivity index (χ1v) is 7.63. The van der Waals surface area contributed by atoms with E-state index in [0.29, 0.717) is 24.7 Å². The van der Waals surface area contributed by atoms with Crippen molar-refractivity contribution in [2.75, 3.05) is 13.2 Å². The van der Waals surface area contributed by atoms with Crippen molar-refractivity contribution in [1.82, 2.24) is 20.1 Å². The van der Waals surface area contributed by atoms with Crippen LogP contribution in [0.5, 0.6) is 11.5 Å². The predicted octanol–water partition coefficient (Wildman–Crippen LogP) is 1.69. The van der Waals surface area contributed by atoms with Crippen LogP contribution < -0.4 is 14.8 Å². The topological polar surface area (TPSA) is 78.3 Å². The minimum absolute atomic E-state index is 0.131. The Labute approximate surface area is 135 Å². The molecule has 0 fully saturated rings. The van der Waals surface area contributed by atoms with Gasteiger partial charge in [0.05, 0.1) is 6.04 Å². The molecule has 3 rings (SSSR count). The van der Waals surface area contributed by atoms with E-state index in [1.165, 1.54) is 17.3 Å². The highest BCUT2D eigenvalue weighted by atomic mass is 79.9. The third-order valence-corrected chi connectivity index (χ3v) is 3.96. The summed E-state index contributed by atoms with van der Waals surface area (Å²) in [6.07, 6.45) is 2.90. The third-order valence-electron chi connectivity index (χ3n) is 3.28. The lowest BCUT2D eigenvalue weighted by atomic mass is 10.1. The highest BCUT2D eigenvalue weighted by Gasteiger charge is 2.19. The Bertz CT molecular complexity index is 675. The van der Waals surface area contributed by atoms with Crippen LogP contribution >= 0.6 is 15.9 Å². The molecule has 0 aliphatic carbocycles. The van der Waals surface area contributed by atoms with Gasteiger partial charge in [0.15, 0.2) is 11.5 Å². The first-order valence-electron chi connectivity index (χ1n) is 6.84. The molecule has 1 aliphatic heterocycles. The number of carbonyl (C=O) groups is 1. The number of fused-ring (bicyclic) bond motifs is 1. The summed E-state index contributed by atoms with van der Waals surface area (Å²) in [5.74, 6) is 1.27. The molecule has 0 bridgehead atoms. The van der Waals surface area contributed by atoms with E-state index in [0.717, 1.165) is 10.0 Å². The molecule has 1 atom stereocenters. The van der Waals surface area contributed by atoms with Crippen molar-refractivity contribution in [3.63, 3.8) is 0 Å². The Hall–Kier alpha value is -2.09. The average Bonchev–Trinajstić information content (AvgIpc) is 2.99. The van der Waals surface area contributed by atoms with Gasteiger partial charge in [-0.2, -0.15) is 5.10 Å². The van der Waals surface area contributed by atoms with Gasteiger partial charge in [-0.1, -0.05) is 15.9 Å². The number of hydrogen-bond acceptors (Lipinski definition) is 5. The van der Waals surface area contributed by atoms with Crippen LogP contribution in [0.3, 0.4) is 0 Å². The second-order valence-corrected chi connectivity index (χ2v) is 5.75. The van der Waals surface area contributed by atoms with Crippen molar-refractivity contribution in [2.24, 2.45) is 0 Å². The molecule has 1 aliphatic rings. The Morgan fingerprint density at radius 3 is 2.82 bits per heavy atom. The molecule has 2 aromatic rings. The fraction of sp³-hybridized carbons (Fsp3) is 0.357. The lowest BCUT2D eigenvalue weighted by Gasteiger charge is -2.22. The Kier molecular flexibility index (Phi) is 4.28. The summed E-state index contributed by atoms with van der Waals surface area (Å²) >= 11 is 3.51. The number of ether oxygens (including phenoxy) is 2. The molecule has 1 N–H and O–H groups in total. The van der Waals surface area contributed by atoms with Crippen LogP contribution in [-0.4, -0.2) is 33.9 Å². The summed E-state index contributed by atoms with van der Waals surface area (Å²) in [5.41, 5.74) is 0.927. The SMILES string of the molecule is C[C@@H](NC(=O)Cn1cncn1)c1cc2c(cc1Br)OCCO2. The van der Waals surface area contributed by atoms with Gasteiger partial charge in [0.25, 0.3) is 0 Å². The smallest absolute Gasteiger partial charge is 0.242 e. The minimum Gasteiger partial charge on any atom is -0.486 e. The highest BCUT2D eigenvalue weighted by molar-refractivity contribution is 9.10. The molecule has 2 heterocycles. The van der Waals surface area contributed by atoms with Crippen molar-refractivity contribution in [3.8, 4) is 11.5 Å². The van der Waals surface area contributed by atoms with E-state index in [1.54, 1.807) is 0 Å². The molecule has 1 aromatic heterocycles. The van der Waals surface area contributed by atoms with E-state index < -0.39 is 0 Å². The van der Waals surface area contributed by atoms with Gasteiger partial charge in [0.1, 0.15) is 32.4 Å². The van der Waals surface area contributed by atoms with Crippen molar-refractivity contribution in [1.29, 1.82) is 0 Å². The number of amides is 1. The number of hydrogen-bond donors (Lipinski definition) is 1. The second-order valence-electron chi connectivity index (χ2n) is 4.90. The maximum absolute atomic E-state index is 12.0. The number of rotatable bonds is 4. The summed E-state index contributed by atoms with van der Waals surface area (Å²) in [6.45, 7) is 3.12. The molecule has 7 nitrogen and oxygen atoms in total. The van der Waals surface area contributed by atoms with Crippen LogP contribution in [0.25, 0.3) is 0 Å². The summed E-state index contributed by atoms with van der Waals surface area (Å²) in [5, 5.41) is 6.84. The number of aromatic nitrogens is 3. The predicted molar refractivity (Wildman–Crippen MR) is 81.7 cm³/mol. The molecule has 22 heavy (non-hydrogen) atoms. The standard InChI is InChI=1S/C14H15BrN4O3/c1-9(18-14(20)6-19-8-16-7-17-19)10-4-12-13(5-11(10)15)22-3-2-21-12/h4-5,7-9H,2-3,6H2,1H3,(H,18,20)/t9-/m1/s1. The monoisotopic (exact) mass is 366 g/mol. The van der Waals surface area contributed by atoms with Crippen LogP contribution in [0.1, 0.15) is 18.5 Å². The van der Waals surface area contributed by atoms with E-state index >= 15 is 0 Å². The molecular formula is C14H15BrN4O3. The zero-order valence-corrected chi connectivity index (χ0v) is 13.5. The minimum atomic E-state index is -0.179. The molecule has 0 unspecified atom stereocenters. The van der Waals surface area contributed by atoms with Gasteiger partial charge in [-0.3, -0.25) is 4.79 Å². The summed E-state index contributed by atoms with van der Waals surface area (Å²) in [4.78, 5) is 15.8. The zero-order chi connectivity index (χ0) is 15.5. The van der Waals surface area contributed by atoms with Gasteiger partial charge < -0.3 is 14.8 Å². The van der Waals surface area contributed by atoms with Crippen molar-refractivity contribution in [2.45, 2.75) is 19.5 Å². The molecule has 1 aromatic carbocycles. The van der Waals surface area contributed by atoms with Gasteiger partial charge in [-0.25, -0.2) is 9.67 Å². The van der Waals surface area contributed by atoms with Gasteiger partial charge in [0, 0.05) is 4.47 Å². The van der Waals surface area contributed by atoms with Crippen LogP contribution in [-0.2, 0) is 11.3 Å². The lowest BCUT2D eigenvalue weighted by Crippen LogP contribution is -2.30. The molecule has 0 saturated heterocycles. The normalized spacial score (nSPS) is 14.5. The fourth-order valence-electron chi connectivity index (χ4n) is 2.24. The van der Waals surface area contributed by atoms with Gasteiger partial charge >= 0.3 is 0 Å². The number of nitrogens with one attached hydrogen (secondary N) is 1. The van der Waals surface area contributed by atoms with Crippen LogP contribution in [0.15, 0.2) is 29.3 Å². The number of carbonyl (C=O) groups excluding carboxylic acids is 1. The van der Waals surface area contributed by atoms with Gasteiger partial charge in [-0.05, 0) is 24.6 Å². The maximum Gasteiger partial charge on any atom is 0.242 e. The second kappa shape index (κ2) is 6.35. The van der Waals surface area contributed by atoms with Crippen LogP contribution in [0.4, 0.5) is 0 Å². The highest BCUT2D eigenvalue weighted by Crippen LogP contribution is 2.37. The van der Waals surface area contributed by atoms with Crippen LogP contribution in [0.2, 0.25) is 0 Å². The third kappa shape index (κ3) is 3.22. The maximum atomic E-state index is 12.0. The van der Waals surface area contributed by atoms with E-state index in [9.17, 15) is 4.79 Å². The van der Waals surface area contributed by atoms with E-state index in [2.05, 4.69) is 31.3 Å². The Morgan fingerprint density at radius 1 is 1.41 bits per heavy atom. The number of benzene rings is 1. The van der Waals surface area contributed by atoms with Crippen molar-refractivity contribution >= 4 is 21.8 Å². The van der Waals surface area contributed by atoms with Crippen molar-refractivity contribution in [3.05, 3.63) is 34.8 Å². The van der Waals surface area contributed by atoms with E-state index in [-0.39, 0.29) is 18.5 Å². The first kappa shape index (κ1) is 14.8. The lowest BCUT2D eigenvalue weighted by molar-refractivity contribution is -0.122. The fourth-order valence-corrected chi connectivity index (χ4v) is 2.90. The van der Waals surface area contributed by atoms with Gasteiger partial charge in [-0.15, -0.1) is 0 Å². The largest absolute Gasteiger partial charge is 0.486 e. The molecule has 8 heteroatoms. The summed E-state index contributed by atoms with van der Waals surface area (Å²) in [6, 6.07) is 3.57. The van der Waals surface area contributed by atoms with Crippen molar-refractivity contribution < 1.29 is 14.3 Å². The Morgan fingerprint density at radius 2 is 2.14 bits per heavy atom. The molecular weight excluding hydrogens is 352 g/mol. The van der Waals surface area contributed by atoms with E-state index in [1.807, 2.05) is 19.1 Å². The number of nitrogens with zero attached hydrogens (tertiary/aromatic N) is 3. The van der Waals surface area contributed by atoms with Crippen LogP contribution in [0, 0.1) is 0 Å². The number of halogens is 1. The molecule has 0 saturated carbocycles. The summed E-state index contributed by atoms with van der Waals surface area (Å²) in [7, 11) is 0. The van der Waals surface area contributed by atoms with Gasteiger partial charge in [0.2, 0.25) is 5.91 Å². The molecule has 0 radical (unpaired) electrons. The summed E-state index contributed by atoms with van der Waals surface area (Å²) < 4.78 is 13.4. The molecule has 1 amide bonds.